The van der Waals surface area contributed by atoms with Crippen molar-refractivity contribution in [2.45, 2.75) is 33.5 Å². The second kappa shape index (κ2) is 9.25. The molecule has 4 aromatic carbocycles. The molecule has 0 aliphatic heterocycles. The van der Waals surface area contributed by atoms with Gasteiger partial charge < -0.3 is 4.42 Å². The highest BCUT2D eigenvalue weighted by Crippen LogP contribution is 2.42. The Morgan fingerprint density at radius 1 is 0.842 bits per heavy atom. The maximum absolute atomic E-state index is 15.7. The Morgan fingerprint density at radius 2 is 1.58 bits per heavy atom. The van der Waals surface area contributed by atoms with E-state index in [0.29, 0.717) is 38.9 Å². The number of benzene rings is 4. The summed E-state index contributed by atoms with van der Waals surface area (Å²) in [6.07, 6.45) is 0.253. The van der Waals surface area contributed by atoms with Crippen LogP contribution in [-0.4, -0.2) is 0 Å². The fraction of sp³-hybridized carbons (Fsp3) is 0.171. The molecule has 0 aliphatic rings. The molecule has 2 nitrogen and oxygen atoms in total. The number of hydrogen-bond donors (Lipinski definition) is 0. The second-order valence-corrected chi connectivity index (χ2v) is 9.98. The van der Waals surface area contributed by atoms with E-state index in [1.807, 2.05) is 55.5 Å². The van der Waals surface area contributed by atoms with Crippen LogP contribution in [0.15, 0.2) is 95.5 Å². The van der Waals surface area contributed by atoms with Crippen LogP contribution in [0.25, 0.3) is 55.4 Å². The second-order valence-electron chi connectivity index (χ2n) is 9.98. The topological polar surface area (TPSA) is 17.0 Å². The van der Waals surface area contributed by atoms with Crippen molar-refractivity contribution in [3.05, 3.63) is 114 Å². The van der Waals surface area contributed by atoms with Gasteiger partial charge in [-0.25, -0.2) is 8.96 Å². The van der Waals surface area contributed by atoms with Gasteiger partial charge in [0.15, 0.2) is 6.17 Å². The first-order chi connectivity index (χ1) is 20.3. The quantitative estimate of drug-likeness (QED) is 0.218. The summed E-state index contributed by atoms with van der Waals surface area (Å²) < 4.78 is 66.0. The lowest BCUT2D eigenvalue weighted by atomic mass is 9.94. The van der Waals surface area contributed by atoms with Crippen LogP contribution in [-0.2, 0) is 7.05 Å². The molecule has 0 saturated carbocycles. The Balaban J connectivity index is 1.64. The SMILES string of the molecule is [2H]c1cc(C([2H])(C)C)cc(-c2c(C)ccc3c2oc2c(-c4ccc(-c5ccccc5)c(C([2H])([2H])[2H])c4)c(F)ccc23)[n+]1C. The Labute approximate surface area is 230 Å². The third-order valence-corrected chi connectivity index (χ3v) is 7.26. The molecule has 188 valence electrons. The van der Waals surface area contributed by atoms with Crippen LogP contribution in [0.3, 0.4) is 0 Å². The van der Waals surface area contributed by atoms with Crippen LogP contribution in [0.4, 0.5) is 4.39 Å². The van der Waals surface area contributed by atoms with E-state index < -0.39 is 18.6 Å². The minimum absolute atomic E-state index is 0.130. The van der Waals surface area contributed by atoms with Gasteiger partial charge in [-0.2, -0.15) is 0 Å². The van der Waals surface area contributed by atoms with Crippen molar-refractivity contribution in [3.63, 3.8) is 0 Å². The van der Waals surface area contributed by atoms with Crippen molar-refractivity contribution in [2.24, 2.45) is 7.05 Å². The number of halogens is 1. The molecule has 0 bridgehead atoms. The van der Waals surface area contributed by atoms with E-state index in [0.717, 1.165) is 22.1 Å². The van der Waals surface area contributed by atoms with E-state index >= 15 is 4.39 Å². The molecule has 0 spiro atoms. The first kappa shape index (κ1) is 18.9. The third kappa shape index (κ3) is 3.90. The Bertz CT molecular complexity index is 2040. The fourth-order valence-corrected chi connectivity index (χ4v) is 5.18. The third-order valence-electron chi connectivity index (χ3n) is 7.26. The van der Waals surface area contributed by atoms with Gasteiger partial charge in [-0.05, 0) is 65.2 Å². The zero-order chi connectivity index (χ0) is 30.8. The minimum Gasteiger partial charge on any atom is -0.454 e. The van der Waals surface area contributed by atoms with Gasteiger partial charge in [0.2, 0.25) is 5.69 Å². The molecule has 0 unspecified atom stereocenters. The molecule has 3 heteroatoms. The van der Waals surface area contributed by atoms with E-state index in [4.69, 9.17) is 11.3 Å². The van der Waals surface area contributed by atoms with E-state index in [1.165, 1.54) is 6.07 Å². The Hall–Kier alpha value is -4.24. The summed E-state index contributed by atoms with van der Waals surface area (Å²) >= 11 is 0. The predicted molar refractivity (Wildman–Crippen MR) is 155 cm³/mol. The molecule has 0 atom stereocenters. The van der Waals surface area contributed by atoms with Gasteiger partial charge in [-0.15, -0.1) is 0 Å². The number of rotatable bonds is 4. The fourth-order valence-electron chi connectivity index (χ4n) is 5.18. The maximum Gasteiger partial charge on any atom is 0.216 e. The summed E-state index contributed by atoms with van der Waals surface area (Å²) in [6, 6.07) is 24.9. The number of aromatic nitrogens is 1. The summed E-state index contributed by atoms with van der Waals surface area (Å²) in [4.78, 5) is 0. The van der Waals surface area contributed by atoms with Crippen molar-refractivity contribution in [1.29, 1.82) is 0 Å². The van der Waals surface area contributed by atoms with Crippen LogP contribution < -0.4 is 4.57 Å². The molecular weight excluding hydrogens is 469 g/mol. The number of nitrogens with zero attached hydrogens (tertiary/aromatic N) is 1. The predicted octanol–water partition coefficient (Wildman–Crippen LogP) is 9.29. The van der Waals surface area contributed by atoms with Crippen LogP contribution in [0.1, 0.15) is 43.3 Å². The van der Waals surface area contributed by atoms with Gasteiger partial charge in [0.05, 0.1) is 11.1 Å². The zero-order valence-electron chi connectivity index (χ0n) is 26.8. The summed E-state index contributed by atoms with van der Waals surface area (Å²) in [5.41, 5.74) is 5.97. The molecule has 0 N–H and O–H groups in total. The van der Waals surface area contributed by atoms with Crippen molar-refractivity contribution in [3.8, 4) is 33.5 Å². The first-order valence-electron chi connectivity index (χ1n) is 15.1. The maximum atomic E-state index is 15.7. The molecule has 0 fully saturated rings. The lowest BCUT2D eigenvalue weighted by Gasteiger charge is -2.10. The average molecular weight is 506 g/mol. The van der Waals surface area contributed by atoms with Gasteiger partial charge in [0.1, 0.15) is 25.4 Å². The highest BCUT2D eigenvalue weighted by Gasteiger charge is 2.24. The Kier molecular flexibility index (Phi) is 4.61. The molecule has 6 rings (SSSR count). The molecule has 2 heterocycles. The number of aryl methyl sites for hydroxylation is 2. The van der Waals surface area contributed by atoms with Crippen LogP contribution in [0.5, 0.6) is 0 Å². The van der Waals surface area contributed by atoms with Gasteiger partial charge >= 0.3 is 0 Å². The smallest absolute Gasteiger partial charge is 0.216 e. The lowest BCUT2D eigenvalue weighted by Crippen LogP contribution is -2.31. The summed E-state index contributed by atoms with van der Waals surface area (Å²) in [6.45, 7) is 3.09. The first-order valence-corrected chi connectivity index (χ1v) is 12.6. The molecule has 0 saturated heterocycles. The molecule has 0 radical (unpaired) electrons. The lowest BCUT2D eigenvalue weighted by molar-refractivity contribution is -0.660. The van der Waals surface area contributed by atoms with Gasteiger partial charge in [-0.1, -0.05) is 74.5 Å². The average Bonchev–Trinajstić information content (AvgIpc) is 3.32. The Morgan fingerprint density at radius 3 is 2.32 bits per heavy atom. The molecule has 0 aliphatic carbocycles. The summed E-state index contributed by atoms with van der Waals surface area (Å²) in [7, 11) is 1.80. The summed E-state index contributed by atoms with van der Waals surface area (Å²) in [5, 5.41) is 1.47. The van der Waals surface area contributed by atoms with E-state index in [1.54, 1.807) is 55.8 Å². The minimum atomic E-state index is -2.43. The van der Waals surface area contributed by atoms with Gasteiger partial charge in [-0.3, -0.25) is 0 Å². The summed E-state index contributed by atoms with van der Waals surface area (Å²) in [5.74, 6) is -1.44. The number of hydrogen-bond acceptors (Lipinski definition) is 1. The number of fused-ring (bicyclic) bond motifs is 3. The van der Waals surface area contributed by atoms with E-state index in [9.17, 15) is 0 Å². The molecule has 6 aromatic rings. The largest absolute Gasteiger partial charge is 0.454 e. The van der Waals surface area contributed by atoms with Gasteiger partial charge in [0.25, 0.3) is 0 Å². The highest BCUT2D eigenvalue weighted by molar-refractivity contribution is 6.13. The molecule has 2 aromatic heterocycles. The van der Waals surface area contributed by atoms with Crippen molar-refractivity contribution < 1.29 is 20.2 Å². The molecular formula is C35H31FNO+. The number of furan rings is 1. The van der Waals surface area contributed by atoms with Crippen molar-refractivity contribution >= 4 is 21.9 Å². The normalized spacial score (nSPS) is 14.2. The monoisotopic (exact) mass is 505 g/mol. The highest BCUT2D eigenvalue weighted by atomic mass is 19.1. The van der Waals surface area contributed by atoms with E-state index in [-0.39, 0.29) is 17.3 Å². The van der Waals surface area contributed by atoms with Crippen molar-refractivity contribution in [2.75, 3.05) is 0 Å². The van der Waals surface area contributed by atoms with Crippen LogP contribution >= 0.6 is 0 Å². The van der Waals surface area contributed by atoms with E-state index in [2.05, 4.69) is 0 Å². The van der Waals surface area contributed by atoms with Crippen LogP contribution in [0, 0.1) is 19.6 Å². The standard InChI is InChI=1S/C35H31FNO/c1-21(2)25-17-18-37(5)31(20-25)32-22(3)11-13-28-29-15-16-30(36)33(35(29)38-34(28)32)26-12-14-27(23(4)19-26)24-9-7-6-8-10-24/h6-21H,1-5H3/q+1/i4D3,18D,21D. The van der Waals surface area contributed by atoms with Crippen molar-refractivity contribution in [1.82, 2.24) is 0 Å². The molecule has 0 amide bonds. The molecule has 38 heavy (non-hydrogen) atoms. The number of pyridine rings is 1. The van der Waals surface area contributed by atoms with Gasteiger partial charge in [0, 0.05) is 28.4 Å². The van der Waals surface area contributed by atoms with Crippen LogP contribution in [0.2, 0.25) is 0 Å². The zero-order valence-corrected chi connectivity index (χ0v) is 21.8.